The van der Waals surface area contributed by atoms with Gasteiger partial charge in [0, 0.05) is 22.9 Å². The van der Waals surface area contributed by atoms with Crippen molar-refractivity contribution < 1.29 is 9.53 Å². The number of aromatic nitrogens is 3. The van der Waals surface area contributed by atoms with Gasteiger partial charge in [-0.25, -0.2) is 9.97 Å². The number of methoxy groups -OCH3 is 1. The van der Waals surface area contributed by atoms with E-state index in [4.69, 9.17) is 21.6 Å². The maximum Gasteiger partial charge on any atom is 0.268 e. The Kier molecular flexibility index (Phi) is 8.83. The summed E-state index contributed by atoms with van der Waals surface area (Å²) < 4.78 is 5.72. The van der Waals surface area contributed by atoms with Crippen molar-refractivity contribution in [1.29, 1.82) is 5.41 Å². The number of anilines is 2. The molecule has 2 aliphatic carbocycles. The van der Waals surface area contributed by atoms with Crippen LogP contribution >= 0.6 is 0 Å². The molecule has 0 radical (unpaired) electrons. The topological polar surface area (TPSA) is 168 Å². The molecule has 2 atom stereocenters. The highest BCUT2D eigenvalue weighted by Gasteiger charge is 2.29. The predicted molar refractivity (Wildman–Crippen MR) is 167 cm³/mol. The van der Waals surface area contributed by atoms with E-state index in [9.17, 15) is 4.79 Å². The van der Waals surface area contributed by atoms with E-state index >= 15 is 0 Å². The summed E-state index contributed by atoms with van der Waals surface area (Å²) in [5, 5.41) is 15.6. The van der Waals surface area contributed by atoms with Gasteiger partial charge in [-0.2, -0.15) is 0 Å². The summed E-state index contributed by atoms with van der Waals surface area (Å²) in [6.07, 6.45) is 13.1. The lowest BCUT2D eigenvalue weighted by molar-refractivity contribution is 0.0925. The number of aryl methyl sites for hydroxylation is 1. The van der Waals surface area contributed by atoms with E-state index in [1.54, 1.807) is 13.2 Å². The average Bonchev–Trinajstić information content (AvgIpc) is 3.41. The van der Waals surface area contributed by atoms with Gasteiger partial charge in [0.2, 0.25) is 0 Å². The molecule has 10 heteroatoms. The molecule has 1 amide bonds. The first-order valence-electron chi connectivity index (χ1n) is 14.3. The fourth-order valence-electron chi connectivity index (χ4n) is 5.53. The number of amides is 1. The minimum atomic E-state index is -0.408. The van der Waals surface area contributed by atoms with Crippen LogP contribution in [0.4, 0.5) is 11.6 Å². The molecule has 0 saturated heterocycles. The largest absolute Gasteiger partial charge is 0.499 e. The van der Waals surface area contributed by atoms with Gasteiger partial charge in [-0.3, -0.25) is 10.2 Å². The zero-order valence-corrected chi connectivity index (χ0v) is 24.0. The van der Waals surface area contributed by atoms with Crippen LogP contribution in [-0.4, -0.2) is 52.3 Å². The number of hydrogen-bond donors (Lipinski definition) is 6. The van der Waals surface area contributed by atoms with Gasteiger partial charge in [-0.1, -0.05) is 55.5 Å². The Morgan fingerprint density at radius 1 is 1.26 bits per heavy atom. The molecule has 0 bridgehead atoms. The third-order valence-electron chi connectivity index (χ3n) is 7.78. The first-order valence-corrected chi connectivity index (χ1v) is 14.3. The Hall–Kier alpha value is -4.70. The van der Waals surface area contributed by atoms with Crippen molar-refractivity contribution in [2.24, 2.45) is 5.73 Å². The van der Waals surface area contributed by atoms with E-state index in [0.29, 0.717) is 41.4 Å². The molecular formula is C32H38N8O2. The van der Waals surface area contributed by atoms with Crippen molar-refractivity contribution in [3.63, 3.8) is 0 Å². The molecule has 42 heavy (non-hydrogen) atoms. The van der Waals surface area contributed by atoms with Gasteiger partial charge in [-0.15, -0.1) is 0 Å². The van der Waals surface area contributed by atoms with Gasteiger partial charge in [0.15, 0.2) is 0 Å². The number of allylic oxidation sites excluding steroid dienone is 3. The Morgan fingerprint density at radius 2 is 2.07 bits per heavy atom. The zero-order valence-electron chi connectivity index (χ0n) is 24.0. The fraction of sp³-hybridized carbons (Fsp3) is 0.312. The number of ether oxygens (including phenoxy) is 1. The lowest BCUT2D eigenvalue weighted by Crippen LogP contribution is -2.38. The number of carbonyl (C=O) groups is 1. The van der Waals surface area contributed by atoms with Crippen LogP contribution in [0, 0.1) is 5.41 Å². The first kappa shape index (κ1) is 28.8. The minimum absolute atomic E-state index is 0.0933. The van der Waals surface area contributed by atoms with Crippen LogP contribution in [0.1, 0.15) is 59.9 Å². The highest BCUT2D eigenvalue weighted by molar-refractivity contribution is 6.17. The lowest BCUT2D eigenvalue weighted by atomic mass is 9.93. The molecule has 0 saturated carbocycles. The van der Waals surface area contributed by atoms with Crippen molar-refractivity contribution in [2.75, 3.05) is 24.7 Å². The van der Waals surface area contributed by atoms with Crippen LogP contribution in [0.2, 0.25) is 0 Å². The lowest BCUT2D eigenvalue weighted by Gasteiger charge is -2.25. The molecular weight excluding hydrogens is 528 g/mol. The minimum Gasteiger partial charge on any atom is -0.499 e. The highest BCUT2D eigenvalue weighted by atomic mass is 16.5. The molecule has 2 aliphatic rings. The van der Waals surface area contributed by atoms with Gasteiger partial charge >= 0.3 is 0 Å². The number of carbonyl (C=O) groups excluding carboxylic acids is 1. The van der Waals surface area contributed by atoms with Gasteiger partial charge in [0.1, 0.15) is 29.4 Å². The van der Waals surface area contributed by atoms with Crippen molar-refractivity contribution in [3.05, 3.63) is 88.7 Å². The number of benzene rings is 1. The van der Waals surface area contributed by atoms with Gasteiger partial charge in [0.05, 0.1) is 24.4 Å². The van der Waals surface area contributed by atoms with Crippen molar-refractivity contribution in [2.45, 2.75) is 51.1 Å². The van der Waals surface area contributed by atoms with E-state index < -0.39 is 6.04 Å². The molecule has 3 aromatic rings. The number of hydrogen-bond acceptors (Lipinski definition) is 8. The SMILES string of the molecule is CCC(CCN)Nc1ncnc(N)c1C(=N)C1=CC[C@H](NC(=O)c2[nH]c3c(c2-c2ccccc2)C=CCC3)C(OC)=C1. The molecule has 10 nitrogen and oxygen atoms in total. The number of aromatic amines is 1. The van der Waals surface area contributed by atoms with Crippen LogP contribution in [-0.2, 0) is 11.2 Å². The third kappa shape index (κ3) is 5.84. The van der Waals surface area contributed by atoms with Crippen molar-refractivity contribution >= 4 is 29.3 Å². The Bertz CT molecular complexity index is 1550. The summed E-state index contributed by atoms with van der Waals surface area (Å²) >= 11 is 0. The van der Waals surface area contributed by atoms with E-state index in [1.807, 2.05) is 36.4 Å². The van der Waals surface area contributed by atoms with Gasteiger partial charge in [-0.05, 0) is 55.9 Å². The van der Waals surface area contributed by atoms with Crippen LogP contribution in [0.3, 0.4) is 0 Å². The molecule has 2 heterocycles. The summed E-state index contributed by atoms with van der Waals surface area (Å²) in [6.45, 7) is 2.60. The predicted octanol–water partition coefficient (Wildman–Crippen LogP) is 4.58. The number of nitrogens with zero attached hydrogens (tertiary/aromatic N) is 2. The van der Waals surface area contributed by atoms with Crippen LogP contribution in [0.5, 0.6) is 0 Å². The summed E-state index contributed by atoms with van der Waals surface area (Å²) in [6, 6.07) is 9.64. The molecule has 218 valence electrons. The number of nitrogens with two attached hydrogens (primary N) is 2. The number of fused-ring (bicyclic) bond motifs is 1. The molecule has 8 N–H and O–H groups in total. The summed E-state index contributed by atoms with van der Waals surface area (Å²) in [5.74, 6) is 1.04. The summed E-state index contributed by atoms with van der Waals surface area (Å²) in [7, 11) is 1.57. The van der Waals surface area contributed by atoms with Crippen molar-refractivity contribution in [3.8, 4) is 11.1 Å². The standard InChI is InChI=1S/C32H38N8O2/c1-3-21(15-16-33)38-31-27(30(35)36-18-37-31)28(34)20-13-14-24(25(17-20)42-2)40-32(41)29-26(19-9-5-4-6-10-19)22-11-7-8-12-23(22)39-29/h4-7,9-11,13,17-18,21,24,34,39H,3,8,12,14-16,33H2,1-2H3,(H,40,41)(H3,35,36,37,38)/t21?,24-/m0/s1. The second-order valence-corrected chi connectivity index (χ2v) is 10.4. The van der Waals surface area contributed by atoms with Gasteiger partial charge in [0.25, 0.3) is 5.91 Å². The van der Waals surface area contributed by atoms with E-state index in [-0.39, 0.29) is 23.5 Å². The maximum absolute atomic E-state index is 13.7. The maximum atomic E-state index is 13.7. The molecule has 0 aliphatic heterocycles. The molecule has 2 aromatic heterocycles. The highest BCUT2D eigenvalue weighted by Crippen LogP contribution is 2.35. The van der Waals surface area contributed by atoms with E-state index in [1.165, 1.54) is 6.33 Å². The Labute approximate surface area is 245 Å². The number of H-pyrrole nitrogens is 1. The van der Waals surface area contributed by atoms with Crippen LogP contribution in [0.25, 0.3) is 17.2 Å². The number of rotatable bonds is 11. The van der Waals surface area contributed by atoms with E-state index in [2.05, 4.69) is 44.7 Å². The van der Waals surface area contributed by atoms with E-state index in [0.717, 1.165) is 48.1 Å². The second-order valence-electron chi connectivity index (χ2n) is 10.4. The summed E-state index contributed by atoms with van der Waals surface area (Å²) in [4.78, 5) is 25.7. The summed E-state index contributed by atoms with van der Waals surface area (Å²) in [5.41, 5.74) is 17.8. The second kappa shape index (κ2) is 12.9. The van der Waals surface area contributed by atoms with Gasteiger partial charge < -0.3 is 31.8 Å². The number of nitrogens with one attached hydrogen (secondary N) is 4. The third-order valence-corrected chi connectivity index (χ3v) is 7.78. The first-order chi connectivity index (χ1) is 20.4. The number of nitrogen functional groups attached to an aromatic ring is 1. The normalized spacial score (nSPS) is 16.6. The Balaban J connectivity index is 1.39. The quantitative estimate of drug-likeness (QED) is 0.185. The smallest absolute Gasteiger partial charge is 0.268 e. The van der Waals surface area contributed by atoms with Crippen molar-refractivity contribution in [1.82, 2.24) is 20.3 Å². The molecule has 1 aromatic carbocycles. The molecule has 1 unspecified atom stereocenters. The Morgan fingerprint density at radius 3 is 2.81 bits per heavy atom. The molecule has 5 rings (SSSR count). The van der Waals surface area contributed by atoms with Crippen LogP contribution in [0.15, 0.2) is 66.2 Å². The average molecular weight is 567 g/mol. The monoisotopic (exact) mass is 566 g/mol. The van der Waals surface area contributed by atoms with Crippen LogP contribution < -0.4 is 22.1 Å². The fourth-order valence-corrected chi connectivity index (χ4v) is 5.53. The zero-order chi connectivity index (χ0) is 29.6. The molecule has 0 fully saturated rings. The molecule has 0 spiro atoms.